The number of hydrogen-bond donors (Lipinski definition) is 1. The lowest BCUT2D eigenvalue weighted by atomic mass is 9.89. The van der Waals surface area contributed by atoms with E-state index in [1.54, 1.807) is 24.3 Å². The lowest BCUT2D eigenvalue weighted by molar-refractivity contribution is 0.319. The third-order valence-corrected chi connectivity index (χ3v) is 3.77. The Kier molecular flexibility index (Phi) is 3.83. The van der Waals surface area contributed by atoms with Gasteiger partial charge < -0.3 is 14.6 Å². The zero-order valence-corrected chi connectivity index (χ0v) is 12.6. The van der Waals surface area contributed by atoms with E-state index in [1.807, 2.05) is 0 Å². The minimum absolute atomic E-state index is 0.0675. The highest BCUT2D eigenvalue weighted by Gasteiger charge is 2.28. The van der Waals surface area contributed by atoms with Gasteiger partial charge in [0, 0.05) is 12.0 Å². The first kappa shape index (κ1) is 15.2. The molecule has 1 unspecified atom stereocenters. The minimum Gasteiger partial charge on any atom is -0.504 e. The second kappa shape index (κ2) is 5.81. The average Bonchev–Trinajstić information content (AvgIpc) is 2.53. The Morgan fingerprint density at radius 2 is 1.87 bits per heavy atom. The molecule has 1 aliphatic rings. The zero-order chi connectivity index (χ0) is 16.6. The van der Waals surface area contributed by atoms with E-state index in [4.69, 9.17) is 9.47 Å². The van der Waals surface area contributed by atoms with Crippen molar-refractivity contribution in [3.05, 3.63) is 41.2 Å². The molecule has 118 valence electrons. The SMILES string of the molecule is COc1c(O)c2c(c(F)c1OC)C#CC(F)Cc1ccccc1-2. The fourth-order valence-electron chi connectivity index (χ4n) is 2.75. The van der Waals surface area contributed by atoms with E-state index in [9.17, 15) is 13.9 Å². The molecule has 0 heterocycles. The molecule has 1 N–H and O–H groups in total. The summed E-state index contributed by atoms with van der Waals surface area (Å²) < 4.78 is 38.8. The van der Waals surface area contributed by atoms with Gasteiger partial charge in [-0.3, -0.25) is 0 Å². The van der Waals surface area contributed by atoms with Crippen LogP contribution in [0.2, 0.25) is 0 Å². The largest absolute Gasteiger partial charge is 0.504 e. The Labute approximate surface area is 132 Å². The lowest BCUT2D eigenvalue weighted by Crippen LogP contribution is -2.08. The first-order valence-corrected chi connectivity index (χ1v) is 6.98. The standard InChI is InChI=1S/C18H14F2O3/c1-22-17-15(20)13-8-7-11(19)9-10-5-3-4-6-12(10)14(13)16(21)18(17)23-2/h3-6,11,21H,9H2,1-2H3. The summed E-state index contributed by atoms with van der Waals surface area (Å²) in [5.74, 6) is 3.44. The monoisotopic (exact) mass is 316 g/mol. The number of rotatable bonds is 2. The molecule has 0 aliphatic heterocycles. The summed E-state index contributed by atoms with van der Waals surface area (Å²) in [6.45, 7) is 0. The van der Waals surface area contributed by atoms with Gasteiger partial charge in [-0.25, -0.2) is 8.78 Å². The quantitative estimate of drug-likeness (QED) is 0.862. The first-order valence-electron chi connectivity index (χ1n) is 6.98. The average molecular weight is 316 g/mol. The third kappa shape index (κ3) is 2.36. The van der Waals surface area contributed by atoms with Crippen LogP contribution in [0, 0.1) is 17.7 Å². The van der Waals surface area contributed by atoms with E-state index in [1.165, 1.54) is 14.2 Å². The van der Waals surface area contributed by atoms with Crippen LogP contribution in [0.5, 0.6) is 17.2 Å². The molecule has 3 rings (SSSR count). The van der Waals surface area contributed by atoms with Gasteiger partial charge in [-0.2, -0.15) is 0 Å². The molecule has 0 fully saturated rings. The number of halogens is 2. The van der Waals surface area contributed by atoms with Crippen LogP contribution in [0.3, 0.4) is 0 Å². The smallest absolute Gasteiger partial charge is 0.206 e. The van der Waals surface area contributed by atoms with Gasteiger partial charge in [0.25, 0.3) is 0 Å². The molecule has 0 aromatic heterocycles. The Hall–Kier alpha value is -2.74. The highest BCUT2D eigenvalue weighted by molar-refractivity contribution is 5.84. The molecule has 0 amide bonds. The molecule has 0 saturated carbocycles. The number of fused-ring (bicyclic) bond motifs is 3. The number of ether oxygens (including phenoxy) is 2. The van der Waals surface area contributed by atoms with Gasteiger partial charge in [-0.05, 0) is 11.1 Å². The summed E-state index contributed by atoms with van der Waals surface area (Å²) >= 11 is 0. The van der Waals surface area contributed by atoms with Gasteiger partial charge in [-0.15, -0.1) is 0 Å². The third-order valence-electron chi connectivity index (χ3n) is 3.77. The zero-order valence-electron chi connectivity index (χ0n) is 12.6. The van der Waals surface area contributed by atoms with Gasteiger partial charge >= 0.3 is 0 Å². The molecule has 1 aliphatic carbocycles. The second-order valence-corrected chi connectivity index (χ2v) is 5.08. The van der Waals surface area contributed by atoms with E-state index in [0.717, 1.165) is 0 Å². The Morgan fingerprint density at radius 3 is 2.57 bits per heavy atom. The molecule has 0 bridgehead atoms. The fraction of sp³-hybridized carbons (Fsp3) is 0.222. The normalized spacial score (nSPS) is 15.4. The van der Waals surface area contributed by atoms with Crippen molar-refractivity contribution in [2.45, 2.75) is 12.6 Å². The highest BCUT2D eigenvalue weighted by Crippen LogP contribution is 2.49. The van der Waals surface area contributed by atoms with Crippen LogP contribution in [0.1, 0.15) is 11.1 Å². The maximum atomic E-state index is 14.8. The van der Waals surface area contributed by atoms with E-state index < -0.39 is 12.0 Å². The minimum atomic E-state index is -1.42. The van der Waals surface area contributed by atoms with Gasteiger partial charge in [0.15, 0.2) is 17.7 Å². The number of phenolic OH excluding ortho intramolecular Hbond substituents is 1. The van der Waals surface area contributed by atoms with Crippen LogP contribution in [-0.2, 0) is 6.42 Å². The predicted octanol–water partition coefficient (Wildman–Crippen LogP) is 3.46. The fourth-order valence-corrected chi connectivity index (χ4v) is 2.75. The van der Waals surface area contributed by atoms with Crippen molar-refractivity contribution >= 4 is 0 Å². The van der Waals surface area contributed by atoms with Crippen LogP contribution < -0.4 is 9.47 Å². The number of phenols is 1. The van der Waals surface area contributed by atoms with E-state index in [2.05, 4.69) is 11.8 Å². The van der Waals surface area contributed by atoms with Crippen molar-refractivity contribution in [3.8, 4) is 40.2 Å². The summed E-state index contributed by atoms with van der Waals surface area (Å²) in [6.07, 6.45) is -1.35. The first-order chi connectivity index (χ1) is 11.1. The summed E-state index contributed by atoms with van der Waals surface area (Å²) in [7, 11) is 2.57. The van der Waals surface area contributed by atoms with Crippen LogP contribution in [-0.4, -0.2) is 25.5 Å². The summed E-state index contributed by atoms with van der Waals surface area (Å²) in [5.41, 5.74) is 1.25. The molecule has 3 nitrogen and oxygen atoms in total. The number of hydrogen-bond acceptors (Lipinski definition) is 3. The Morgan fingerprint density at radius 1 is 1.17 bits per heavy atom. The molecule has 2 aromatic rings. The summed E-state index contributed by atoms with van der Waals surface area (Å²) in [4.78, 5) is 0. The molecule has 2 aromatic carbocycles. The molecular formula is C18H14F2O3. The summed E-state index contributed by atoms with van der Waals surface area (Å²) in [5, 5.41) is 10.6. The second-order valence-electron chi connectivity index (χ2n) is 5.08. The lowest BCUT2D eigenvalue weighted by Gasteiger charge is -2.19. The van der Waals surface area contributed by atoms with Crippen molar-refractivity contribution in [1.29, 1.82) is 0 Å². The molecule has 1 atom stereocenters. The maximum absolute atomic E-state index is 14.8. The van der Waals surface area contributed by atoms with Gasteiger partial charge in [0.1, 0.15) is 0 Å². The van der Waals surface area contributed by atoms with Crippen molar-refractivity contribution in [2.75, 3.05) is 14.2 Å². The van der Waals surface area contributed by atoms with E-state index in [-0.39, 0.29) is 34.8 Å². The van der Waals surface area contributed by atoms with Crippen LogP contribution in [0.25, 0.3) is 11.1 Å². The van der Waals surface area contributed by atoms with Crippen molar-refractivity contribution in [2.24, 2.45) is 0 Å². The maximum Gasteiger partial charge on any atom is 0.206 e. The number of aromatic hydroxyl groups is 1. The Balaban J connectivity index is 2.46. The molecule has 0 radical (unpaired) electrons. The van der Waals surface area contributed by atoms with Gasteiger partial charge in [-0.1, -0.05) is 36.1 Å². The number of alkyl halides is 1. The van der Waals surface area contributed by atoms with Crippen LogP contribution >= 0.6 is 0 Å². The molecular weight excluding hydrogens is 302 g/mol. The van der Waals surface area contributed by atoms with Crippen molar-refractivity contribution in [1.82, 2.24) is 0 Å². The predicted molar refractivity (Wildman–Crippen MR) is 82.1 cm³/mol. The van der Waals surface area contributed by atoms with Crippen molar-refractivity contribution < 1.29 is 23.4 Å². The van der Waals surface area contributed by atoms with Crippen LogP contribution in [0.15, 0.2) is 24.3 Å². The number of methoxy groups -OCH3 is 2. The molecule has 0 spiro atoms. The Bertz CT molecular complexity index is 834. The van der Waals surface area contributed by atoms with E-state index in [0.29, 0.717) is 11.1 Å². The van der Waals surface area contributed by atoms with Gasteiger partial charge in [0.05, 0.1) is 19.8 Å². The topological polar surface area (TPSA) is 38.7 Å². The molecule has 0 saturated heterocycles. The van der Waals surface area contributed by atoms with Crippen LogP contribution in [0.4, 0.5) is 8.78 Å². The number of benzene rings is 2. The van der Waals surface area contributed by atoms with Crippen molar-refractivity contribution in [3.63, 3.8) is 0 Å². The molecule has 23 heavy (non-hydrogen) atoms. The van der Waals surface area contributed by atoms with Gasteiger partial charge in [0.2, 0.25) is 11.5 Å². The van der Waals surface area contributed by atoms with E-state index >= 15 is 0 Å². The molecule has 5 heteroatoms. The summed E-state index contributed by atoms with van der Waals surface area (Å²) in [6, 6.07) is 6.92. The highest BCUT2D eigenvalue weighted by atomic mass is 19.1.